The fraction of sp³-hybridized carbons (Fsp3) is 0.824. The van der Waals surface area contributed by atoms with Crippen molar-refractivity contribution in [3.05, 3.63) is 12.4 Å². The van der Waals surface area contributed by atoms with E-state index in [1.54, 1.807) is 33.9 Å². The molecule has 0 saturated carbocycles. The molecule has 1 fully saturated rings. The van der Waals surface area contributed by atoms with E-state index in [1.165, 1.54) is 0 Å². The number of rotatable bonds is 6. The molecule has 24 heavy (non-hydrogen) atoms. The highest BCUT2D eigenvalue weighted by Crippen LogP contribution is 2.26. The van der Waals surface area contributed by atoms with Gasteiger partial charge < -0.3 is 19.7 Å². The van der Waals surface area contributed by atoms with E-state index in [9.17, 15) is 10.1 Å². The lowest BCUT2D eigenvalue weighted by molar-refractivity contribution is -0.0982. The summed E-state index contributed by atoms with van der Waals surface area (Å²) < 4.78 is 7.62. The van der Waals surface area contributed by atoms with Crippen LogP contribution in [0.2, 0.25) is 0 Å². The molecule has 2 rings (SSSR count). The first-order chi connectivity index (χ1) is 11.0. The van der Waals surface area contributed by atoms with Crippen LogP contribution in [0.3, 0.4) is 0 Å². The topological polar surface area (TPSA) is 70.8 Å². The highest BCUT2D eigenvalue weighted by molar-refractivity contribution is 6.59. The van der Waals surface area contributed by atoms with Crippen molar-refractivity contribution in [3.8, 4) is 0 Å². The quantitative estimate of drug-likeness (QED) is 0.763. The monoisotopic (exact) mass is 337 g/mol. The molecule has 0 aliphatic carbocycles. The predicted molar refractivity (Wildman–Crippen MR) is 96.3 cm³/mol. The molecule has 0 amide bonds. The second kappa shape index (κ2) is 7.16. The maximum Gasteiger partial charge on any atom is 0.494 e. The maximum absolute atomic E-state index is 10.4. The molecule has 2 N–H and O–H groups in total. The maximum atomic E-state index is 10.4. The number of aliphatic hydroxyl groups is 1. The highest BCUT2D eigenvalue weighted by atomic mass is 16.5. The molecule has 6 nitrogen and oxygen atoms in total. The Kier molecular flexibility index (Phi) is 5.80. The summed E-state index contributed by atoms with van der Waals surface area (Å²) in [5.74, 6) is 0. The number of likely N-dealkylation sites (tertiary alicyclic amines) is 1. The van der Waals surface area contributed by atoms with Crippen molar-refractivity contribution in [2.24, 2.45) is 0 Å². The van der Waals surface area contributed by atoms with Crippen molar-refractivity contribution in [1.82, 2.24) is 14.7 Å². The normalized spacial score (nSPS) is 18.4. The number of hydrogen-bond donors (Lipinski definition) is 2. The molecule has 1 aliphatic rings. The van der Waals surface area contributed by atoms with Gasteiger partial charge in [-0.3, -0.25) is 4.68 Å². The predicted octanol–water partition coefficient (Wildman–Crippen LogP) is 1.18. The molecular weight excluding hydrogens is 305 g/mol. The number of nitrogens with zero attached hydrogens (tertiary/aromatic N) is 3. The van der Waals surface area contributed by atoms with E-state index >= 15 is 0 Å². The van der Waals surface area contributed by atoms with Crippen LogP contribution in [0, 0.1) is 0 Å². The lowest BCUT2D eigenvalue weighted by atomic mass is 9.78. The van der Waals surface area contributed by atoms with E-state index in [-0.39, 0.29) is 0 Å². The Morgan fingerprint density at radius 1 is 1.25 bits per heavy atom. The van der Waals surface area contributed by atoms with Crippen molar-refractivity contribution < 1.29 is 14.8 Å². The molecule has 0 unspecified atom stereocenters. The van der Waals surface area contributed by atoms with Gasteiger partial charge in [0.05, 0.1) is 17.2 Å². The molecule has 1 aliphatic heterocycles. The van der Waals surface area contributed by atoms with E-state index in [0.717, 1.165) is 25.9 Å². The Bertz CT molecular complexity index is 531. The number of hydrogen-bond acceptors (Lipinski definition) is 5. The summed E-state index contributed by atoms with van der Waals surface area (Å²) in [7, 11) is -1.10. The second-order valence-electron chi connectivity index (χ2n) is 8.15. The first kappa shape index (κ1) is 19.4. The summed E-state index contributed by atoms with van der Waals surface area (Å²) in [5, 5.41) is 24.9. The molecule has 7 heteroatoms. The number of piperidine rings is 1. The van der Waals surface area contributed by atoms with Gasteiger partial charge in [-0.25, -0.2) is 0 Å². The fourth-order valence-electron chi connectivity index (χ4n) is 2.84. The molecule has 0 radical (unpaired) electrons. The third kappa shape index (κ3) is 4.39. The van der Waals surface area contributed by atoms with Crippen molar-refractivity contribution in [2.45, 2.75) is 77.7 Å². The van der Waals surface area contributed by atoms with Gasteiger partial charge in [-0.05, 0) is 54.4 Å². The smallest absolute Gasteiger partial charge is 0.423 e. The molecule has 0 atom stereocenters. The van der Waals surface area contributed by atoms with E-state index in [1.807, 2.05) is 10.9 Å². The van der Waals surface area contributed by atoms with Gasteiger partial charge in [0.25, 0.3) is 0 Å². The van der Waals surface area contributed by atoms with Crippen LogP contribution < -0.4 is 5.46 Å². The zero-order chi connectivity index (χ0) is 18.1. The average Bonchev–Trinajstić information content (AvgIpc) is 2.95. The Hall–Kier alpha value is -0.885. The summed E-state index contributed by atoms with van der Waals surface area (Å²) in [6.07, 6.45) is 5.64. The summed E-state index contributed by atoms with van der Waals surface area (Å²) in [4.78, 5) is 2.48. The largest absolute Gasteiger partial charge is 0.494 e. The van der Waals surface area contributed by atoms with Gasteiger partial charge in [0.1, 0.15) is 0 Å². The van der Waals surface area contributed by atoms with Crippen LogP contribution in [0.25, 0.3) is 0 Å². The minimum absolute atomic E-state index is 0.364. The molecule has 2 heterocycles. The second-order valence-corrected chi connectivity index (χ2v) is 8.15. The summed E-state index contributed by atoms with van der Waals surface area (Å²) in [6.45, 7) is 13.5. The average molecular weight is 337 g/mol. The summed E-state index contributed by atoms with van der Waals surface area (Å²) >= 11 is 0. The van der Waals surface area contributed by atoms with E-state index in [0.29, 0.717) is 17.5 Å². The molecule has 1 aromatic rings. The SMILES string of the molecule is CC(C)N1CCC(n2cc(B(O)OC(C)(C)C(C)(C)O)cn2)CC1. The Balaban J connectivity index is 1.98. The lowest BCUT2D eigenvalue weighted by Gasteiger charge is -2.38. The van der Waals surface area contributed by atoms with E-state index in [2.05, 4.69) is 23.8 Å². The van der Waals surface area contributed by atoms with Gasteiger partial charge in [-0.15, -0.1) is 0 Å². The zero-order valence-corrected chi connectivity index (χ0v) is 15.9. The molecule has 0 aromatic carbocycles. The van der Waals surface area contributed by atoms with Crippen molar-refractivity contribution >= 4 is 12.6 Å². The molecule has 1 saturated heterocycles. The van der Waals surface area contributed by atoms with Crippen LogP contribution in [-0.4, -0.2) is 62.3 Å². The van der Waals surface area contributed by atoms with Crippen LogP contribution in [0.15, 0.2) is 12.4 Å². The Morgan fingerprint density at radius 3 is 2.33 bits per heavy atom. The summed E-state index contributed by atoms with van der Waals surface area (Å²) in [5.41, 5.74) is -1.32. The Labute approximate surface area is 145 Å². The third-order valence-electron chi connectivity index (χ3n) is 5.39. The molecule has 0 spiro atoms. The van der Waals surface area contributed by atoms with Crippen molar-refractivity contribution in [3.63, 3.8) is 0 Å². The molecule has 0 bridgehead atoms. The lowest BCUT2D eigenvalue weighted by Crippen LogP contribution is -2.53. The van der Waals surface area contributed by atoms with Gasteiger partial charge in [-0.2, -0.15) is 5.10 Å². The number of aromatic nitrogens is 2. The van der Waals surface area contributed by atoms with Crippen LogP contribution >= 0.6 is 0 Å². The first-order valence-corrected chi connectivity index (χ1v) is 8.87. The van der Waals surface area contributed by atoms with Crippen molar-refractivity contribution in [2.75, 3.05) is 13.1 Å². The molecule has 1 aromatic heterocycles. The highest BCUT2D eigenvalue weighted by Gasteiger charge is 2.40. The van der Waals surface area contributed by atoms with Gasteiger partial charge in [0.2, 0.25) is 0 Å². The van der Waals surface area contributed by atoms with Gasteiger partial charge >= 0.3 is 7.12 Å². The van der Waals surface area contributed by atoms with Crippen LogP contribution in [-0.2, 0) is 4.65 Å². The van der Waals surface area contributed by atoms with Crippen molar-refractivity contribution in [1.29, 1.82) is 0 Å². The van der Waals surface area contributed by atoms with Crippen LogP contribution in [0.1, 0.15) is 60.4 Å². The first-order valence-electron chi connectivity index (χ1n) is 8.87. The minimum atomic E-state index is -1.10. The van der Waals surface area contributed by atoms with Gasteiger partial charge in [-0.1, -0.05) is 0 Å². The zero-order valence-electron chi connectivity index (χ0n) is 15.9. The van der Waals surface area contributed by atoms with E-state index in [4.69, 9.17) is 4.65 Å². The minimum Gasteiger partial charge on any atom is -0.423 e. The fourth-order valence-corrected chi connectivity index (χ4v) is 2.84. The van der Waals surface area contributed by atoms with Gasteiger partial charge in [0, 0.05) is 37.0 Å². The van der Waals surface area contributed by atoms with Gasteiger partial charge in [0.15, 0.2) is 0 Å². The van der Waals surface area contributed by atoms with Crippen LogP contribution in [0.5, 0.6) is 0 Å². The van der Waals surface area contributed by atoms with Crippen LogP contribution in [0.4, 0.5) is 0 Å². The Morgan fingerprint density at radius 2 is 1.83 bits per heavy atom. The third-order valence-corrected chi connectivity index (χ3v) is 5.39. The summed E-state index contributed by atoms with van der Waals surface area (Å²) in [6, 6.07) is 0.946. The van der Waals surface area contributed by atoms with E-state index < -0.39 is 18.3 Å². The molecule has 136 valence electrons. The standard InChI is InChI=1S/C17H32BN3O3/c1-13(2)20-9-7-15(8-10-20)21-12-14(11-19-21)18(23)24-17(5,6)16(3,4)22/h11-13,15,22-23H,7-10H2,1-6H3. The molecular formula is C17H32BN3O3.